The number of primary sulfonamides is 1. The molecule has 9 heteroatoms. The Hall–Kier alpha value is -1.00. The molecule has 0 amide bonds. The first kappa shape index (κ1) is 16.8. The molecule has 3 unspecified atom stereocenters. The van der Waals surface area contributed by atoms with Crippen LogP contribution in [0.1, 0.15) is 19.3 Å². The Morgan fingerprint density at radius 2 is 1.74 bits per heavy atom. The quantitative estimate of drug-likeness (QED) is 0.791. The second-order valence-electron chi connectivity index (χ2n) is 6.36. The lowest BCUT2D eigenvalue weighted by Gasteiger charge is -2.29. The number of benzene rings is 1. The monoisotopic (exact) mass is 359 g/mol. The summed E-state index contributed by atoms with van der Waals surface area (Å²) in [6.07, 6.45) is 2.94. The van der Waals surface area contributed by atoms with Gasteiger partial charge in [-0.2, -0.15) is 4.31 Å². The molecule has 0 aromatic heterocycles. The van der Waals surface area contributed by atoms with Crippen molar-refractivity contribution < 1.29 is 16.8 Å². The first-order valence-corrected chi connectivity index (χ1v) is 10.6. The van der Waals surface area contributed by atoms with Gasteiger partial charge in [0.15, 0.2) is 0 Å². The summed E-state index contributed by atoms with van der Waals surface area (Å²) in [5.74, 6) is 0.467. The van der Waals surface area contributed by atoms with Gasteiger partial charge in [-0.3, -0.25) is 0 Å². The van der Waals surface area contributed by atoms with E-state index in [2.05, 4.69) is 0 Å². The molecule has 7 nitrogen and oxygen atoms in total. The zero-order valence-corrected chi connectivity index (χ0v) is 14.3. The molecule has 3 rings (SSSR count). The van der Waals surface area contributed by atoms with E-state index in [1.807, 2.05) is 0 Å². The van der Waals surface area contributed by atoms with Crippen LogP contribution >= 0.6 is 0 Å². The fourth-order valence-electron chi connectivity index (χ4n) is 3.63. The van der Waals surface area contributed by atoms with E-state index < -0.39 is 20.0 Å². The normalized spacial score (nSPS) is 29.4. The van der Waals surface area contributed by atoms with Gasteiger partial charge in [-0.25, -0.2) is 22.0 Å². The third kappa shape index (κ3) is 3.16. The van der Waals surface area contributed by atoms with Gasteiger partial charge >= 0.3 is 0 Å². The molecule has 4 N–H and O–H groups in total. The predicted octanol–water partition coefficient (Wildman–Crippen LogP) is 0.0819. The Labute approximate surface area is 136 Å². The van der Waals surface area contributed by atoms with Crippen molar-refractivity contribution in [2.75, 3.05) is 13.1 Å². The highest BCUT2D eigenvalue weighted by Gasteiger charge is 2.43. The topological polar surface area (TPSA) is 124 Å². The van der Waals surface area contributed by atoms with Crippen molar-refractivity contribution in [3.05, 3.63) is 24.3 Å². The van der Waals surface area contributed by atoms with E-state index in [4.69, 9.17) is 10.9 Å². The van der Waals surface area contributed by atoms with Crippen LogP contribution in [0.15, 0.2) is 34.1 Å². The molecule has 1 aliphatic heterocycles. The molecule has 1 aromatic rings. The SMILES string of the molecule is NC1CCCC2CN(S(=O)(=O)c3cccc(S(N)(=O)=O)c3)CC12. The number of nitrogens with zero attached hydrogens (tertiary/aromatic N) is 1. The summed E-state index contributed by atoms with van der Waals surface area (Å²) in [5, 5.41) is 5.08. The lowest BCUT2D eigenvalue weighted by Crippen LogP contribution is -2.38. The Balaban J connectivity index is 1.91. The van der Waals surface area contributed by atoms with Gasteiger partial charge in [-0.15, -0.1) is 0 Å². The number of sulfonamides is 2. The minimum atomic E-state index is -3.94. The number of nitrogens with two attached hydrogens (primary N) is 2. The van der Waals surface area contributed by atoms with Crippen LogP contribution in [-0.2, 0) is 20.0 Å². The minimum Gasteiger partial charge on any atom is -0.327 e. The van der Waals surface area contributed by atoms with E-state index >= 15 is 0 Å². The summed E-state index contributed by atoms with van der Waals surface area (Å²) in [4.78, 5) is -0.247. The molecular weight excluding hydrogens is 338 g/mol. The number of hydrogen-bond acceptors (Lipinski definition) is 5. The highest BCUT2D eigenvalue weighted by molar-refractivity contribution is 7.90. The van der Waals surface area contributed by atoms with Gasteiger partial charge in [0.05, 0.1) is 9.79 Å². The Morgan fingerprint density at radius 3 is 2.39 bits per heavy atom. The van der Waals surface area contributed by atoms with Crippen LogP contribution in [0.4, 0.5) is 0 Å². The van der Waals surface area contributed by atoms with Crippen molar-refractivity contribution in [2.24, 2.45) is 22.7 Å². The molecule has 2 aliphatic rings. The third-order valence-electron chi connectivity index (χ3n) is 4.89. The van der Waals surface area contributed by atoms with Gasteiger partial charge < -0.3 is 5.73 Å². The van der Waals surface area contributed by atoms with Crippen molar-refractivity contribution >= 4 is 20.0 Å². The molecule has 0 spiro atoms. The molecule has 1 aromatic carbocycles. The summed E-state index contributed by atoms with van der Waals surface area (Å²) in [6, 6.07) is 5.22. The molecule has 23 heavy (non-hydrogen) atoms. The van der Waals surface area contributed by atoms with E-state index in [1.165, 1.54) is 22.5 Å². The highest BCUT2D eigenvalue weighted by Crippen LogP contribution is 2.37. The predicted molar refractivity (Wildman–Crippen MR) is 85.4 cm³/mol. The molecule has 1 saturated heterocycles. The largest absolute Gasteiger partial charge is 0.327 e. The van der Waals surface area contributed by atoms with Crippen molar-refractivity contribution in [2.45, 2.75) is 35.1 Å². The first-order valence-electron chi connectivity index (χ1n) is 7.58. The van der Waals surface area contributed by atoms with Crippen LogP contribution in [0.2, 0.25) is 0 Å². The van der Waals surface area contributed by atoms with E-state index in [-0.39, 0.29) is 27.7 Å². The lowest BCUT2D eigenvalue weighted by atomic mass is 9.78. The smallest absolute Gasteiger partial charge is 0.243 e. The van der Waals surface area contributed by atoms with Gasteiger partial charge in [0.1, 0.15) is 0 Å². The van der Waals surface area contributed by atoms with Crippen LogP contribution in [0, 0.1) is 11.8 Å². The zero-order chi connectivity index (χ0) is 16.8. The first-order chi connectivity index (χ1) is 10.7. The maximum absolute atomic E-state index is 12.8. The van der Waals surface area contributed by atoms with E-state index in [0.29, 0.717) is 13.1 Å². The molecule has 1 aliphatic carbocycles. The van der Waals surface area contributed by atoms with Crippen LogP contribution < -0.4 is 10.9 Å². The second-order valence-corrected chi connectivity index (χ2v) is 9.86. The summed E-state index contributed by atoms with van der Waals surface area (Å²) in [6.45, 7) is 0.841. The van der Waals surface area contributed by atoms with Gasteiger partial charge in [0.25, 0.3) is 0 Å². The van der Waals surface area contributed by atoms with Crippen LogP contribution in [0.5, 0.6) is 0 Å². The number of hydrogen-bond donors (Lipinski definition) is 2. The average molecular weight is 359 g/mol. The Kier molecular flexibility index (Phi) is 4.26. The zero-order valence-electron chi connectivity index (χ0n) is 12.6. The number of rotatable bonds is 3. The van der Waals surface area contributed by atoms with Crippen molar-refractivity contribution in [3.63, 3.8) is 0 Å². The van der Waals surface area contributed by atoms with Gasteiger partial charge in [0, 0.05) is 19.1 Å². The van der Waals surface area contributed by atoms with Gasteiger partial charge in [-0.05, 0) is 42.9 Å². The molecule has 128 valence electrons. The number of fused-ring (bicyclic) bond motifs is 1. The van der Waals surface area contributed by atoms with Gasteiger partial charge in [0.2, 0.25) is 20.0 Å². The van der Waals surface area contributed by atoms with Crippen LogP contribution in [-0.4, -0.2) is 40.3 Å². The van der Waals surface area contributed by atoms with E-state index in [0.717, 1.165) is 25.3 Å². The molecule has 1 heterocycles. The third-order valence-corrected chi connectivity index (χ3v) is 7.63. The molecule has 0 bridgehead atoms. The summed E-state index contributed by atoms with van der Waals surface area (Å²) in [7, 11) is -7.69. The van der Waals surface area contributed by atoms with Crippen LogP contribution in [0.3, 0.4) is 0 Å². The van der Waals surface area contributed by atoms with E-state index in [9.17, 15) is 16.8 Å². The minimum absolute atomic E-state index is 0.0321. The fourth-order valence-corrected chi connectivity index (χ4v) is 5.85. The average Bonchev–Trinajstić information content (AvgIpc) is 2.93. The Bertz CT molecular complexity index is 807. The standard InChI is InChI=1S/C14H21N3O4S2/c15-14-6-1-3-10-8-17(9-13(10)14)23(20,21)12-5-2-4-11(7-12)22(16,18)19/h2,4-5,7,10,13-14H,1,3,6,8-9,15H2,(H2,16,18,19). The summed E-state index contributed by atoms with van der Waals surface area (Å²) in [5.41, 5.74) is 6.13. The fraction of sp³-hybridized carbons (Fsp3) is 0.571. The molecule has 3 atom stereocenters. The summed E-state index contributed by atoms with van der Waals surface area (Å²) >= 11 is 0. The lowest BCUT2D eigenvalue weighted by molar-refractivity contribution is 0.260. The highest BCUT2D eigenvalue weighted by atomic mass is 32.2. The molecular formula is C14H21N3O4S2. The molecule has 0 radical (unpaired) electrons. The van der Waals surface area contributed by atoms with Crippen molar-refractivity contribution in [1.82, 2.24) is 4.31 Å². The van der Waals surface area contributed by atoms with Crippen LogP contribution in [0.25, 0.3) is 0 Å². The van der Waals surface area contributed by atoms with Crippen molar-refractivity contribution in [1.29, 1.82) is 0 Å². The maximum Gasteiger partial charge on any atom is 0.243 e. The van der Waals surface area contributed by atoms with Gasteiger partial charge in [-0.1, -0.05) is 12.5 Å². The second kappa shape index (κ2) is 5.82. The Morgan fingerprint density at radius 1 is 1.04 bits per heavy atom. The van der Waals surface area contributed by atoms with E-state index in [1.54, 1.807) is 0 Å². The van der Waals surface area contributed by atoms with Crippen molar-refractivity contribution in [3.8, 4) is 0 Å². The maximum atomic E-state index is 12.8. The molecule has 2 fully saturated rings. The summed E-state index contributed by atoms with van der Waals surface area (Å²) < 4.78 is 49.9. The molecule has 1 saturated carbocycles.